The summed E-state index contributed by atoms with van der Waals surface area (Å²) in [7, 11) is -4.40. The molecule has 0 N–H and O–H groups in total. The van der Waals surface area contributed by atoms with Crippen LogP contribution in [0.3, 0.4) is 0 Å². The molecule has 1 unspecified atom stereocenters. The first-order valence-corrected chi connectivity index (χ1v) is 12.0. The Morgan fingerprint density at radius 2 is 1.26 bits per heavy atom. The third-order valence-electron chi connectivity index (χ3n) is 4.77. The summed E-state index contributed by atoms with van der Waals surface area (Å²) < 4.78 is 123. The maximum atomic E-state index is 14.3. The van der Waals surface area contributed by atoms with E-state index >= 15 is 0 Å². The van der Waals surface area contributed by atoms with Crippen LogP contribution < -0.4 is 0 Å². The second-order valence-corrected chi connectivity index (χ2v) is 12.3. The maximum Gasteiger partial charge on any atom is 0.380 e. The van der Waals surface area contributed by atoms with Gasteiger partial charge >= 0.3 is 17.8 Å². The third-order valence-corrected chi connectivity index (χ3v) is 8.38. The molecule has 0 nitrogen and oxygen atoms in total. The van der Waals surface area contributed by atoms with Crippen LogP contribution in [0.2, 0.25) is 19.1 Å². The summed E-state index contributed by atoms with van der Waals surface area (Å²) in [5.41, 5.74) is -5.34. The second kappa shape index (κ2) is 9.22. The van der Waals surface area contributed by atoms with E-state index in [9.17, 15) is 39.5 Å². The lowest BCUT2D eigenvalue weighted by Gasteiger charge is -2.43. The highest BCUT2D eigenvalue weighted by Gasteiger charge is 2.83. The predicted octanol–water partition coefficient (Wildman–Crippen LogP) is 7.66. The standard InChI is InChI=1S/C17H27F9Si/c1-5-6-7-8-9-10-11-12-27(3,4)17(25,26)16(23,24)15(21,22)14(19,20)13(2)18/h5,13H,1,6-12H2,2-4H3. The van der Waals surface area contributed by atoms with E-state index in [-0.39, 0.29) is 13.3 Å². The zero-order valence-corrected chi connectivity index (χ0v) is 16.7. The summed E-state index contributed by atoms with van der Waals surface area (Å²) in [5, 5.41) is 0. The Balaban J connectivity index is 5.23. The summed E-state index contributed by atoms with van der Waals surface area (Å²) in [6, 6.07) is -0.441. The first kappa shape index (κ1) is 26.3. The van der Waals surface area contributed by atoms with Gasteiger partial charge < -0.3 is 0 Å². The van der Waals surface area contributed by atoms with Gasteiger partial charge in [-0.25, -0.2) is 13.2 Å². The lowest BCUT2D eigenvalue weighted by atomic mass is 10.0. The van der Waals surface area contributed by atoms with Gasteiger partial charge in [0.25, 0.3) is 5.55 Å². The van der Waals surface area contributed by atoms with Gasteiger partial charge in [0.15, 0.2) is 6.17 Å². The van der Waals surface area contributed by atoms with Crippen LogP contribution in [-0.2, 0) is 0 Å². The van der Waals surface area contributed by atoms with Crippen molar-refractivity contribution >= 4 is 8.07 Å². The second-order valence-electron chi connectivity index (χ2n) is 7.44. The molecule has 0 radical (unpaired) electrons. The molecule has 0 aliphatic heterocycles. The van der Waals surface area contributed by atoms with Gasteiger partial charge in [-0.05, 0) is 19.8 Å². The largest absolute Gasteiger partial charge is 0.380 e. The Morgan fingerprint density at radius 1 is 0.815 bits per heavy atom. The van der Waals surface area contributed by atoms with Gasteiger partial charge in [-0.15, -0.1) is 6.58 Å². The van der Waals surface area contributed by atoms with Gasteiger partial charge in [-0.3, -0.25) is 0 Å². The molecule has 0 rings (SSSR count). The Labute approximate surface area is 155 Å². The monoisotopic (exact) mass is 430 g/mol. The summed E-state index contributed by atoms with van der Waals surface area (Å²) in [4.78, 5) is 0. The van der Waals surface area contributed by atoms with Crippen molar-refractivity contribution in [1.82, 2.24) is 0 Å². The lowest BCUT2D eigenvalue weighted by molar-refractivity contribution is -0.360. The molecule has 0 aliphatic rings. The topological polar surface area (TPSA) is 0 Å². The fraction of sp³-hybridized carbons (Fsp3) is 0.882. The molecule has 0 bridgehead atoms. The highest BCUT2D eigenvalue weighted by molar-refractivity contribution is 6.80. The number of hydrogen-bond acceptors (Lipinski definition) is 0. The van der Waals surface area contributed by atoms with Gasteiger partial charge in [0, 0.05) is 0 Å². The van der Waals surface area contributed by atoms with Crippen molar-refractivity contribution in [2.45, 2.75) is 94.1 Å². The average Bonchev–Trinajstić information content (AvgIpc) is 2.52. The van der Waals surface area contributed by atoms with E-state index in [2.05, 4.69) is 6.58 Å². The van der Waals surface area contributed by atoms with Crippen molar-refractivity contribution < 1.29 is 39.5 Å². The molecule has 0 aromatic rings. The fourth-order valence-electron chi connectivity index (χ4n) is 2.62. The van der Waals surface area contributed by atoms with Crippen molar-refractivity contribution in [2.75, 3.05) is 0 Å². The Morgan fingerprint density at radius 3 is 1.70 bits per heavy atom. The first-order valence-electron chi connectivity index (χ1n) is 8.77. The summed E-state index contributed by atoms with van der Waals surface area (Å²) >= 11 is 0. The van der Waals surface area contributed by atoms with E-state index in [1.165, 1.54) is 0 Å². The van der Waals surface area contributed by atoms with Gasteiger partial charge in [0.05, 0.1) is 0 Å². The van der Waals surface area contributed by atoms with Crippen LogP contribution in [-0.4, -0.2) is 37.6 Å². The third kappa shape index (κ3) is 5.23. The van der Waals surface area contributed by atoms with Gasteiger partial charge in [-0.2, -0.15) is 26.3 Å². The number of allylic oxidation sites excluding steroid dienone is 1. The minimum absolute atomic E-state index is 0.0724. The molecule has 0 aromatic heterocycles. The Hall–Kier alpha value is -0.673. The van der Waals surface area contributed by atoms with Crippen molar-refractivity contribution in [3.05, 3.63) is 12.7 Å². The molecular weight excluding hydrogens is 403 g/mol. The minimum atomic E-state index is -6.52. The van der Waals surface area contributed by atoms with Crippen LogP contribution in [0.25, 0.3) is 0 Å². The normalized spacial score (nSPS) is 15.7. The number of hydrogen-bond donors (Lipinski definition) is 0. The van der Waals surface area contributed by atoms with E-state index in [1.54, 1.807) is 6.08 Å². The molecule has 0 heterocycles. The van der Waals surface area contributed by atoms with Crippen molar-refractivity contribution in [1.29, 1.82) is 0 Å². The van der Waals surface area contributed by atoms with Crippen LogP contribution in [0.15, 0.2) is 12.7 Å². The highest BCUT2D eigenvalue weighted by Crippen LogP contribution is 2.57. The summed E-state index contributed by atoms with van der Waals surface area (Å²) in [5.74, 6) is -18.8. The number of rotatable bonds is 13. The summed E-state index contributed by atoms with van der Waals surface area (Å²) in [6.45, 7) is 4.98. The molecule has 162 valence electrons. The smallest absolute Gasteiger partial charge is 0.241 e. The predicted molar refractivity (Wildman–Crippen MR) is 90.5 cm³/mol. The molecule has 0 spiro atoms. The number of unbranched alkanes of at least 4 members (excludes halogenated alkanes) is 5. The van der Waals surface area contributed by atoms with E-state index in [4.69, 9.17) is 0 Å². The van der Waals surface area contributed by atoms with Gasteiger partial charge in [0.1, 0.15) is 8.07 Å². The van der Waals surface area contributed by atoms with E-state index in [0.29, 0.717) is 12.8 Å². The molecule has 0 aliphatic carbocycles. The SMILES string of the molecule is C=CCCCCCCC[Si](C)(C)C(F)(F)C(F)(F)C(F)(F)C(F)(F)C(C)F. The van der Waals surface area contributed by atoms with Crippen LogP contribution in [0.1, 0.15) is 45.4 Å². The van der Waals surface area contributed by atoms with Crippen molar-refractivity contribution in [3.8, 4) is 0 Å². The molecule has 0 aromatic carbocycles. The number of alkyl halides is 9. The molecule has 0 saturated heterocycles. The van der Waals surface area contributed by atoms with E-state index in [0.717, 1.165) is 32.4 Å². The average molecular weight is 430 g/mol. The van der Waals surface area contributed by atoms with Crippen molar-refractivity contribution in [3.63, 3.8) is 0 Å². The molecule has 1 atom stereocenters. The zero-order valence-electron chi connectivity index (χ0n) is 15.7. The van der Waals surface area contributed by atoms with E-state index < -0.39 is 43.6 Å². The van der Waals surface area contributed by atoms with E-state index in [1.807, 2.05) is 0 Å². The minimum Gasteiger partial charge on any atom is -0.241 e. The molecular formula is C17H27F9Si. The number of halogens is 9. The summed E-state index contributed by atoms with van der Waals surface area (Å²) in [6.07, 6.45) is 1.57. The van der Waals surface area contributed by atoms with Crippen LogP contribution >= 0.6 is 0 Å². The van der Waals surface area contributed by atoms with Gasteiger partial charge in [0.2, 0.25) is 0 Å². The highest BCUT2D eigenvalue weighted by atomic mass is 28.3. The zero-order chi connectivity index (χ0) is 21.7. The van der Waals surface area contributed by atoms with Crippen molar-refractivity contribution in [2.24, 2.45) is 0 Å². The van der Waals surface area contributed by atoms with Crippen LogP contribution in [0.4, 0.5) is 39.5 Å². The first-order chi connectivity index (χ1) is 12.0. The molecule has 10 heteroatoms. The molecule has 0 fully saturated rings. The quantitative estimate of drug-likeness (QED) is 0.122. The Kier molecular flexibility index (Phi) is 8.99. The van der Waals surface area contributed by atoms with Gasteiger partial charge in [-0.1, -0.05) is 50.9 Å². The molecule has 0 amide bonds. The lowest BCUT2D eigenvalue weighted by Crippen LogP contribution is -2.70. The Bertz CT molecular complexity index is 473. The maximum absolute atomic E-state index is 14.3. The van der Waals surface area contributed by atoms with Crippen LogP contribution in [0, 0.1) is 0 Å². The fourth-order valence-corrected chi connectivity index (χ4v) is 5.08. The molecule has 27 heavy (non-hydrogen) atoms. The molecule has 0 saturated carbocycles. The van der Waals surface area contributed by atoms with Crippen LogP contribution in [0.5, 0.6) is 0 Å².